The fourth-order valence-corrected chi connectivity index (χ4v) is 3.97. The van der Waals surface area contributed by atoms with Crippen molar-refractivity contribution in [1.82, 2.24) is 25.0 Å². The number of carbonyl (C=O) groups is 2. The molecular weight excluding hydrogens is 701 g/mol. The molecule has 4 N–H and O–H groups in total. The number of ketones is 1. The van der Waals surface area contributed by atoms with Gasteiger partial charge in [0.15, 0.2) is 16.1 Å². The quantitative estimate of drug-likeness (QED) is 0.0686. The molecule has 2 heterocycles. The molecule has 0 unspecified atom stereocenters. The van der Waals surface area contributed by atoms with Gasteiger partial charge in [0.2, 0.25) is 0 Å². The minimum atomic E-state index is -0.393. The predicted octanol–water partition coefficient (Wildman–Crippen LogP) is 2.23. The van der Waals surface area contributed by atoms with Gasteiger partial charge in [0.05, 0.1) is 12.7 Å². The second-order valence-corrected chi connectivity index (χ2v) is 10.3. The zero-order chi connectivity index (χ0) is 31.1. The Hall–Kier alpha value is -2.89. The van der Waals surface area contributed by atoms with Crippen molar-refractivity contribution in [2.24, 2.45) is 0 Å². The number of carbonyl (C=O) groups excluding carboxylic acids is 2. The summed E-state index contributed by atoms with van der Waals surface area (Å²) >= 11 is 2.91. The first-order chi connectivity index (χ1) is 20.1. The zero-order valence-electron chi connectivity index (χ0n) is 24.5. The van der Waals surface area contributed by atoms with E-state index in [1.807, 2.05) is 13.8 Å². The third-order valence-electron chi connectivity index (χ3n) is 4.96. The molecule has 45 heavy (non-hydrogen) atoms. The van der Waals surface area contributed by atoms with Crippen LogP contribution in [0.2, 0.25) is 0 Å². The molecule has 238 valence electrons. The Labute approximate surface area is 297 Å². The fourth-order valence-electron chi connectivity index (χ4n) is 2.87. The van der Waals surface area contributed by atoms with Crippen LogP contribution in [0.3, 0.4) is 0 Å². The van der Waals surface area contributed by atoms with Gasteiger partial charge < -0.3 is 28.4 Å². The summed E-state index contributed by atoms with van der Waals surface area (Å²) in [5.74, 6) is 0.697. The van der Waals surface area contributed by atoms with Gasteiger partial charge in [-0.2, -0.15) is 18.2 Å². The molecule has 0 aliphatic heterocycles. The van der Waals surface area contributed by atoms with Crippen LogP contribution in [0.4, 0.5) is 20.4 Å². The zero-order valence-corrected chi connectivity index (χ0v) is 29.1. The average Bonchev–Trinajstić information content (AvgIpc) is 2.98. The predicted molar refractivity (Wildman–Crippen MR) is 172 cm³/mol. The molecule has 0 radical (unpaired) electrons. The van der Waals surface area contributed by atoms with Crippen molar-refractivity contribution in [2.75, 3.05) is 37.1 Å². The van der Waals surface area contributed by atoms with Crippen molar-refractivity contribution < 1.29 is 40.2 Å². The van der Waals surface area contributed by atoms with E-state index in [0.29, 0.717) is 15.9 Å². The average molecular weight is 735 g/mol. The first-order valence-corrected chi connectivity index (χ1v) is 14.3. The molecule has 0 aliphatic rings. The molecular formula is C29H34BrF2MgN7O3S2. The number of rotatable bonds is 8. The molecule has 4 aromatic rings. The van der Waals surface area contributed by atoms with Crippen LogP contribution in [0.1, 0.15) is 47.6 Å². The molecule has 2 aromatic carbocycles. The molecule has 4 rings (SSSR count). The molecule has 0 saturated heterocycles. The second kappa shape index (κ2) is 23.4. The Morgan fingerprint density at radius 2 is 1.31 bits per heavy atom. The van der Waals surface area contributed by atoms with Crippen LogP contribution in [0.25, 0.3) is 0 Å². The summed E-state index contributed by atoms with van der Waals surface area (Å²) < 4.78 is 24.7. The minimum Gasteiger partial charge on any atom is -1.00 e. The van der Waals surface area contributed by atoms with Gasteiger partial charge in [-0.25, -0.2) is 33.8 Å². The van der Waals surface area contributed by atoms with Crippen LogP contribution in [-0.2, 0) is 4.84 Å². The Morgan fingerprint density at radius 3 is 1.69 bits per heavy atom. The number of nitrogen functional groups attached to an aromatic ring is 2. The number of hydroxylamine groups is 2. The topological polar surface area (TPSA) is 150 Å². The van der Waals surface area contributed by atoms with Gasteiger partial charge in [-0.15, -0.1) is 12.1 Å². The Balaban J connectivity index is 0. The van der Waals surface area contributed by atoms with E-state index in [0.717, 1.165) is 16.6 Å². The number of nitrogens with two attached hydrogens (primary N) is 2. The van der Waals surface area contributed by atoms with E-state index < -0.39 is 5.82 Å². The molecule has 0 aliphatic carbocycles. The molecule has 2 aromatic heterocycles. The standard InChI is InChI=1S/C13H12FN3OS.C9H14N4O2S.C6H4F.CH4.BrH.Mg/c1-2-19-13-16-7-10(12(15)17-13)11(18)8-3-5-9(14)6-4-8;1-4-16-9-11-5-6(7(10)12-9)8(14)13(2)15-3;7-6-4-2-1-3-5-6;;;/h3-7H,2H2,1H3,(H2,15,16,17);5H,4H2,1-3H3,(H2,10,11,12);2-5H;1H4;1H;/q;;-1;;;+2/p-1. The third-order valence-corrected chi connectivity index (χ3v) is 6.45. The number of halogens is 3. The van der Waals surface area contributed by atoms with Crippen LogP contribution in [0, 0.1) is 17.7 Å². The third kappa shape index (κ3) is 14.8. The van der Waals surface area contributed by atoms with Crippen molar-refractivity contribution in [2.45, 2.75) is 31.6 Å². The normalized spacial score (nSPS) is 9.38. The summed E-state index contributed by atoms with van der Waals surface area (Å²) in [5, 5.41) is 2.18. The van der Waals surface area contributed by atoms with Crippen LogP contribution < -0.4 is 28.4 Å². The first-order valence-electron chi connectivity index (χ1n) is 12.4. The number of amides is 1. The molecule has 10 nitrogen and oxygen atoms in total. The van der Waals surface area contributed by atoms with Crippen LogP contribution >= 0.6 is 23.5 Å². The maximum absolute atomic E-state index is 12.8. The van der Waals surface area contributed by atoms with Crippen molar-refractivity contribution >= 4 is 69.9 Å². The number of anilines is 2. The SMILES string of the molecule is C.CCSc1ncc(C(=O)N(C)OC)c(N)n1.CCSc1ncc(C(=O)c2ccc(F)cc2)c(N)n1.Fc1cc[c-]cc1.[Br-].[Mg+2]. The van der Waals surface area contributed by atoms with Gasteiger partial charge in [0.1, 0.15) is 23.0 Å². The smallest absolute Gasteiger partial charge is 1.00 e. The van der Waals surface area contributed by atoms with Gasteiger partial charge in [-0.05, 0) is 35.8 Å². The fraction of sp³-hybridized carbons (Fsp3) is 0.241. The minimum absolute atomic E-state index is 0. The molecule has 0 atom stereocenters. The van der Waals surface area contributed by atoms with Crippen LogP contribution in [-0.4, -0.2) is 85.4 Å². The van der Waals surface area contributed by atoms with E-state index in [2.05, 4.69) is 26.0 Å². The van der Waals surface area contributed by atoms with Crippen molar-refractivity contribution in [1.29, 1.82) is 0 Å². The van der Waals surface area contributed by atoms with Gasteiger partial charge in [-0.3, -0.25) is 14.4 Å². The molecule has 0 fully saturated rings. The van der Waals surface area contributed by atoms with E-state index in [9.17, 15) is 18.4 Å². The maximum atomic E-state index is 12.8. The monoisotopic (exact) mass is 733 g/mol. The van der Waals surface area contributed by atoms with Crippen LogP contribution in [0.15, 0.2) is 71.2 Å². The number of nitrogens with zero attached hydrogens (tertiary/aromatic N) is 5. The van der Waals surface area contributed by atoms with E-state index >= 15 is 0 Å². The molecule has 0 bridgehead atoms. The molecule has 0 spiro atoms. The Morgan fingerprint density at radius 1 is 0.867 bits per heavy atom. The van der Waals surface area contributed by atoms with Crippen molar-refractivity contribution in [3.05, 3.63) is 95.3 Å². The van der Waals surface area contributed by atoms with E-state index in [-0.39, 0.29) is 87.7 Å². The number of benzene rings is 2. The van der Waals surface area contributed by atoms with Crippen molar-refractivity contribution in [3.63, 3.8) is 0 Å². The summed E-state index contributed by atoms with van der Waals surface area (Å²) in [6.45, 7) is 3.96. The summed E-state index contributed by atoms with van der Waals surface area (Å²) in [6.07, 6.45) is 2.82. The summed E-state index contributed by atoms with van der Waals surface area (Å²) in [7, 11) is 2.90. The summed E-state index contributed by atoms with van der Waals surface area (Å²) in [4.78, 5) is 44.8. The number of hydrogen-bond donors (Lipinski definition) is 2. The largest absolute Gasteiger partial charge is 2.00 e. The van der Waals surface area contributed by atoms with E-state index in [1.165, 1.54) is 98.6 Å². The van der Waals surface area contributed by atoms with Crippen LogP contribution in [0.5, 0.6) is 0 Å². The molecule has 16 heteroatoms. The number of hydrogen-bond acceptors (Lipinski definition) is 11. The van der Waals surface area contributed by atoms with Gasteiger partial charge in [-0.1, -0.05) is 44.8 Å². The Kier molecular flexibility index (Phi) is 23.0. The molecule has 1 amide bonds. The first kappa shape index (κ1) is 44.2. The number of aromatic nitrogens is 4. The molecule has 0 saturated carbocycles. The maximum Gasteiger partial charge on any atom is 2.00 e. The second-order valence-electron chi connectivity index (χ2n) is 7.81. The van der Waals surface area contributed by atoms with Gasteiger partial charge >= 0.3 is 23.1 Å². The number of thioether (sulfide) groups is 2. The van der Waals surface area contributed by atoms with E-state index in [1.54, 1.807) is 0 Å². The Bertz CT molecular complexity index is 1460. The summed E-state index contributed by atoms with van der Waals surface area (Å²) in [6, 6.07) is 13.8. The van der Waals surface area contributed by atoms with Crippen molar-refractivity contribution in [3.8, 4) is 0 Å². The van der Waals surface area contributed by atoms with E-state index in [4.69, 9.17) is 16.3 Å². The summed E-state index contributed by atoms with van der Waals surface area (Å²) in [5.41, 5.74) is 12.3. The van der Waals surface area contributed by atoms with Gasteiger partial charge in [0.25, 0.3) is 5.91 Å². The van der Waals surface area contributed by atoms with Gasteiger partial charge in [0, 0.05) is 30.8 Å².